The molecule has 0 spiro atoms. The van der Waals surface area contributed by atoms with Gasteiger partial charge < -0.3 is 10.4 Å². The molecule has 2 unspecified atom stereocenters. The lowest BCUT2D eigenvalue weighted by atomic mass is 9.61. The molecule has 2 bridgehead atoms. The third-order valence-corrected chi connectivity index (χ3v) is 5.90. The van der Waals surface area contributed by atoms with E-state index in [9.17, 15) is 14.7 Å². The fraction of sp³-hybridized carbons (Fsp3) is 0.556. The molecule has 4 aliphatic carbocycles. The van der Waals surface area contributed by atoms with Crippen LogP contribution < -0.4 is 5.32 Å². The van der Waals surface area contributed by atoms with Crippen LogP contribution in [0.15, 0.2) is 30.6 Å². The Kier molecular flexibility index (Phi) is 3.62. The number of nitrogens with zero attached hydrogens (tertiary/aromatic N) is 2. The van der Waals surface area contributed by atoms with Crippen LogP contribution in [0.1, 0.15) is 37.9 Å². The van der Waals surface area contributed by atoms with Crippen molar-refractivity contribution < 1.29 is 14.7 Å². The van der Waals surface area contributed by atoms with Crippen LogP contribution in [0.3, 0.4) is 0 Å². The summed E-state index contributed by atoms with van der Waals surface area (Å²) in [6, 6.07) is 1.75. The number of carbonyl (C=O) groups is 2. The van der Waals surface area contributed by atoms with Crippen molar-refractivity contribution >= 4 is 11.9 Å². The molecule has 24 heavy (non-hydrogen) atoms. The van der Waals surface area contributed by atoms with Crippen molar-refractivity contribution in [3.8, 4) is 0 Å². The molecule has 4 aliphatic rings. The van der Waals surface area contributed by atoms with E-state index in [1.54, 1.807) is 18.5 Å². The fourth-order valence-corrected chi connectivity index (χ4v) is 4.49. The van der Waals surface area contributed by atoms with Crippen LogP contribution >= 0.6 is 0 Å². The van der Waals surface area contributed by atoms with Crippen molar-refractivity contribution in [2.75, 3.05) is 0 Å². The summed E-state index contributed by atoms with van der Waals surface area (Å²) in [7, 11) is 0. The first-order chi connectivity index (χ1) is 11.6. The molecule has 1 aromatic heterocycles. The molecule has 0 aromatic carbocycles. The smallest absolute Gasteiger partial charge is 0.307 e. The number of amides is 1. The predicted octanol–water partition coefficient (Wildman–Crippen LogP) is 1.88. The lowest BCUT2D eigenvalue weighted by Gasteiger charge is -2.46. The molecule has 0 saturated heterocycles. The zero-order chi connectivity index (χ0) is 16.7. The average Bonchev–Trinajstić information content (AvgIpc) is 2.58. The summed E-state index contributed by atoms with van der Waals surface area (Å²) in [6.45, 7) is 0. The van der Waals surface area contributed by atoms with Crippen molar-refractivity contribution in [2.24, 2.45) is 23.7 Å². The zero-order valence-corrected chi connectivity index (χ0v) is 13.4. The number of hydrogen-bond acceptors (Lipinski definition) is 4. The van der Waals surface area contributed by atoms with Gasteiger partial charge in [0.1, 0.15) is 0 Å². The first kappa shape index (κ1) is 15.3. The summed E-state index contributed by atoms with van der Waals surface area (Å²) in [4.78, 5) is 33.4. The lowest BCUT2D eigenvalue weighted by Crippen LogP contribution is -2.57. The Morgan fingerprint density at radius 3 is 2.21 bits per heavy atom. The highest BCUT2D eigenvalue weighted by molar-refractivity contribution is 5.86. The van der Waals surface area contributed by atoms with E-state index in [0.29, 0.717) is 5.82 Å². The molecule has 1 aromatic rings. The summed E-state index contributed by atoms with van der Waals surface area (Å²) in [5.41, 5.74) is -0.526. The van der Waals surface area contributed by atoms with Gasteiger partial charge in [0.2, 0.25) is 5.91 Å². The van der Waals surface area contributed by atoms with Gasteiger partial charge in [-0.05, 0) is 50.0 Å². The maximum Gasteiger partial charge on any atom is 0.307 e. The number of aliphatic carboxylic acids is 1. The number of hydrogen-bond donors (Lipinski definition) is 2. The number of rotatable bonds is 4. The molecule has 6 heteroatoms. The molecule has 1 heterocycles. The Bertz CT molecular complexity index is 684. The van der Waals surface area contributed by atoms with Crippen LogP contribution in [0, 0.1) is 23.7 Å². The summed E-state index contributed by atoms with van der Waals surface area (Å²) >= 11 is 0. The van der Waals surface area contributed by atoms with Gasteiger partial charge in [0.15, 0.2) is 5.82 Å². The minimum Gasteiger partial charge on any atom is -0.481 e. The Labute approximate surface area is 140 Å². The minimum absolute atomic E-state index is 0.0184. The standard InChI is InChI=1S/C18H21N3O3/c22-15(13-11-3-5-12(6-4-11)14(13)16(23)24)21-18(7-1-8-18)17-19-9-2-10-20-17/h2-3,5,9-14H,1,4,6-8H2,(H,21,22)(H,23,24)/t11?,12?,13-,14+/m1/s1. The Morgan fingerprint density at radius 1 is 1.08 bits per heavy atom. The molecule has 2 N–H and O–H groups in total. The minimum atomic E-state index is -0.868. The highest BCUT2D eigenvalue weighted by Gasteiger charge is 2.51. The summed E-state index contributed by atoms with van der Waals surface area (Å²) < 4.78 is 0. The van der Waals surface area contributed by atoms with Gasteiger partial charge in [0.05, 0.1) is 17.4 Å². The van der Waals surface area contributed by atoms with E-state index < -0.39 is 23.3 Å². The third-order valence-electron chi connectivity index (χ3n) is 5.90. The monoisotopic (exact) mass is 327 g/mol. The summed E-state index contributed by atoms with van der Waals surface area (Å²) in [5.74, 6) is -1.53. The number of allylic oxidation sites excluding steroid dienone is 2. The van der Waals surface area contributed by atoms with Crippen LogP contribution in [0.2, 0.25) is 0 Å². The van der Waals surface area contributed by atoms with Crippen LogP contribution in [-0.4, -0.2) is 27.0 Å². The average molecular weight is 327 g/mol. The second kappa shape index (κ2) is 5.69. The van der Waals surface area contributed by atoms with Crippen LogP contribution in [0.4, 0.5) is 0 Å². The van der Waals surface area contributed by atoms with Gasteiger partial charge in [-0.2, -0.15) is 0 Å². The number of fused-ring (bicyclic) bond motifs is 2. The zero-order valence-electron chi connectivity index (χ0n) is 13.4. The highest BCUT2D eigenvalue weighted by atomic mass is 16.4. The largest absolute Gasteiger partial charge is 0.481 e. The second-order valence-corrected chi connectivity index (χ2v) is 7.18. The van der Waals surface area contributed by atoms with E-state index in [0.717, 1.165) is 32.1 Å². The number of aromatic nitrogens is 2. The van der Waals surface area contributed by atoms with E-state index in [4.69, 9.17) is 0 Å². The van der Waals surface area contributed by atoms with Gasteiger partial charge in [-0.3, -0.25) is 9.59 Å². The first-order valence-corrected chi connectivity index (χ1v) is 8.61. The van der Waals surface area contributed by atoms with Crippen molar-refractivity contribution in [1.29, 1.82) is 0 Å². The molecule has 0 radical (unpaired) electrons. The number of nitrogens with one attached hydrogen (secondary N) is 1. The SMILES string of the molecule is O=C(NC1(c2ncccn2)CCC1)[C@@H]1C2C=CC(CC2)[C@@H]1C(=O)O. The van der Waals surface area contributed by atoms with E-state index in [2.05, 4.69) is 15.3 Å². The maximum absolute atomic E-state index is 13.0. The van der Waals surface area contributed by atoms with E-state index in [1.165, 1.54) is 0 Å². The van der Waals surface area contributed by atoms with E-state index >= 15 is 0 Å². The number of carbonyl (C=O) groups excluding carboxylic acids is 1. The molecule has 1 amide bonds. The summed E-state index contributed by atoms with van der Waals surface area (Å²) in [5, 5.41) is 12.8. The molecule has 0 aliphatic heterocycles. The van der Waals surface area contributed by atoms with Gasteiger partial charge in [-0.15, -0.1) is 0 Å². The molecule has 5 rings (SSSR count). The van der Waals surface area contributed by atoms with Crippen molar-refractivity contribution in [3.63, 3.8) is 0 Å². The van der Waals surface area contributed by atoms with Crippen LogP contribution in [0.5, 0.6) is 0 Å². The maximum atomic E-state index is 13.0. The Morgan fingerprint density at radius 2 is 1.71 bits per heavy atom. The molecule has 2 fully saturated rings. The topological polar surface area (TPSA) is 92.2 Å². The third kappa shape index (κ3) is 2.32. The second-order valence-electron chi connectivity index (χ2n) is 7.18. The number of carboxylic acid groups (broad SMARTS) is 1. The summed E-state index contributed by atoms with van der Waals surface area (Å²) in [6.07, 6.45) is 11.7. The Hall–Kier alpha value is -2.24. The van der Waals surface area contributed by atoms with Gasteiger partial charge >= 0.3 is 5.97 Å². The lowest BCUT2D eigenvalue weighted by molar-refractivity contribution is -0.154. The first-order valence-electron chi connectivity index (χ1n) is 8.61. The van der Waals surface area contributed by atoms with E-state index in [1.807, 2.05) is 12.2 Å². The van der Waals surface area contributed by atoms with Gasteiger partial charge in [0, 0.05) is 12.4 Å². The van der Waals surface area contributed by atoms with Gasteiger partial charge in [-0.1, -0.05) is 12.2 Å². The molecule has 4 atom stereocenters. The van der Waals surface area contributed by atoms with Crippen LogP contribution in [0.25, 0.3) is 0 Å². The predicted molar refractivity (Wildman–Crippen MR) is 85.7 cm³/mol. The fourth-order valence-electron chi connectivity index (χ4n) is 4.49. The van der Waals surface area contributed by atoms with Crippen molar-refractivity contribution in [3.05, 3.63) is 36.4 Å². The normalized spacial score (nSPS) is 32.8. The molecular weight excluding hydrogens is 306 g/mol. The number of carboxylic acids is 1. The molecule has 6 nitrogen and oxygen atoms in total. The molecule has 2 saturated carbocycles. The van der Waals surface area contributed by atoms with Crippen molar-refractivity contribution in [1.82, 2.24) is 15.3 Å². The Balaban J connectivity index is 1.59. The molecular formula is C18H21N3O3. The quantitative estimate of drug-likeness (QED) is 0.824. The highest BCUT2D eigenvalue weighted by Crippen LogP contribution is 2.46. The van der Waals surface area contributed by atoms with Crippen molar-refractivity contribution in [2.45, 2.75) is 37.6 Å². The van der Waals surface area contributed by atoms with Gasteiger partial charge in [-0.25, -0.2) is 9.97 Å². The van der Waals surface area contributed by atoms with Crippen LogP contribution in [-0.2, 0) is 15.1 Å². The molecule has 126 valence electrons. The van der Waals surface area contributed by atoms with Gasteiger partial charge in [0.25, 0.3) is 0 Å². The van der Waals surface area contributed by atoms with E-state index in [-0.39, 0.29) is 17.7 Å².